The molecule has 1 amide bonds. The van der Waals surface area contributed by atoms with Crippen LogP contribution in [0.4, 0.5) is 0 Å². The maximum absolute atomic E-state index is 12.4. The molecule has 0 aliphatic carbocycles. The maximum atomic E-state index is 12.4. The zero-order valence-corrected chi connectivity index (χ0v) is 38.3. The third kappa shape index (κ3) is 44.0. The zero-order valence-electron chi connectivity index (χ0n) is 38.3. The van der Waals surface area contributed by atoms with E-state index < -0.39 is 12.1 Å². The van der Waals surface area contributed by atoms with Crippen LogP contribution in [-0.4, -0.2) is 47.4 Å². The first-order valence-corrected chi connectivity index (χ1v) is 25.5. The molecule has 0 bridgehead atoms. The van der Waals surface area contributed by atoms with Crippen LogP contribution in [0.3, 0.4) is 0 Å². The number of ether oxygens (including phenoxy) is 1. The lowest BCUT2D eigenvalue weighted by Crippen LogP contribution is -2.45. The van der Waals surface area contributed by atoms with E-state index >= 15 is 0 Å². The summed E-state index contributed by atoms with van der Waals surface area (Å²) >= 11 is 0. The van der Waals surface area contributed by atoms with Gasteiger partial charge in [0.05, 0.1) is 25.4 Å². The van der Waals surface area contributed by atoms with Gasteiger partial charge < -0.3 is 20.3 Å². The molecule has 0 fully saturated rings. The van der Waals surface area contributed by atoms with Crippen molar-refractivity contribution in [1.29, 1.82) is 0 Å². The molecule has 6 heteroatoms. The van der Waals surface area contributed by atoms with Gasteiger partial charge in [0, 0.05) is 12.8 Å². The first kappa shape index (κ1) is 55.6. The number of carbonyl (C=O) groups excluding carboxylic acids is 2. The summed E-state index contributed by atoms with van der Waals surface area (Å²) in [5, 5.41) is 22.9. The second-order valence-corrected chi connectivity index (χ2v) is 17.5. The van der Waals surface area contributed by atoms with E-state index in [0.29, 0.717) is 19.4 Å². The van der Waals surface area contributed by atoms with Gasteiger partial charge in [-0.1, -0.05) is 244 Å². The number of esters is 1. The number of hydrogen-bond acceptors (Lipinski definition) is 5. The van der Waals surface area contributed by atoms with Crippen LogP contribution < -0.4 is 5.32 Å². The molecule has 0 radical (unpaired) electrons. The van der Waals surface area contributed by atoms with E-state index in [4.69, 9.17) is 4.74 Å². The highest BCUT2D eigenvalue weighted by molar-refractivity contribution is 5.76. The van der Waals surface area contributed by atoms with E-state index in [1.807, 2.05) is 6.08 Å². The second-order valence-electron chi connectivity index (χ2n) is 17.5. The van der Waals surface area contributed by atoms with Crippen molar-refractivity contribution in [2.75, 3.05) is 13.2 Å². The predicted molar refractivity (Wildman–Crippen MR) is 246 cm³/mol. The largest absolute Gasteiger partial charge is 0.466 e. The number of aliphatic hydroxyl groups excluding tert-OH is 2. The molecule has 2 unspecified atom stereocenters. The number of hydrogen-bond donors (Lipinski definition) is 3. The first-order chi connectivity index (χ1) is 28.0. The second kappa shape index (κ2) is 47.3. The molecule has 2 atom stereocenters. The summed E-state index contributed by atoms with van der Waals surface area (Å²) in [6, 6.07) is -0.632. The van der Waals surface area contributed by atoms with E-state index in [-0.39, 0.29) is 18.5 Å². The van der Waals surface area contributed by atoms with Crippen molar-refractivity contribution in [2.45, 2.75) is 289 Å². The van der Waals surface area contributed by atoms with Gasteiger partial charge in [-0.25, -0.2) is 0 Å². The van der Waals surface area contributed by atoms with Gasteiger partial charge in [0.15, 0.2) is 0 Å². The van der Waals surface area contributed by atoms with Crippen LogP contribution in [0.5, 0.6) is 0 Å². The molecule has 0 rings (SSSR count). The van der Waals surface area contributed by atoms with Crippen LogP contribution in [-0.2, 0) is 14.3 Å². The quantitative estimate of drug-likeness (QED) is 0.0323. The Balaban J connectivity index is 3.42. The minimum absolute atomic E-state index is 0.000307. The van der Waals surface area contributed by atoms with Crippen molar-refractivity contribution in [3.8, 4) is 0 Å². The highest BCUT2D eigenvalue weighted by Crippen LogP contribution is 2.16. The maximum Gasteiger partial charge on any atom is 0.305 e. The number of allylic oxidation sites excluding steroid dienone is 1. The lowest BCUT2D eigenvalue weighted by Gasteiger charge is -2.20. The van der Waals surface area contributed by atoms with Gasteiger partial charge in [0.1, 0.15) is 0 Å². The number of unbranched alkanes of at least 4 members (excludes halogenated alkanes) is 36. The molecule has 0 saturated carbocycles. The standard InChI is InChI=1S/C51H99NO5/c1-3-5-7-9-11-13-15-16-17-18-22-25-29-33-37-41-45-51(56)57-46-42-38-34-30-26-23-20-19-21-24-28-32-36-40-44-50(55)52-48(47-53)49(54)43-39-35-31-27-14-12-10-8-6-4-2/h39,43,48-49,53-54H,3-38,40-42,44-47H2,1-2H3,(H,52,55)/b43-39+. The molecular formula is C51H99NO5. The van der Waals surface area contributed by atoms with Crippen LogP contribution in [0, 0.1) is 0 Å². The predicted octanol–water partition coefficient (Wildman–Crippen LogP) is 15.0. The van der Waals surface area contributed by atoms with E-state index in [0.717, 1.165) is 57.8 Å². The van der Waals surface area contributed by atoms with Crippen LogP contribution in [0.2, 0.25) is 0 Å². The third-order valence-electron chi connectivity index (χ3n) is 11.8. The van der Waals surface area contributed by atoms with Crippen LogP contribution >= 0.6 is 0 Å². The van der Waals surface area contributed by atoms with Crippen molar-refractivity contribution in [3.05, 3.63) is 12.2 Å². The minimum atomic E-state index is -0.848. The highest BCUT2D eigenvalue weighted by atomic mass is 16.5. The minimum Gasteiger partial charge on any atom is -0.466 e. The molecule has 6 nitrogen and oxygen atoms in total. The smallest absolute Gasteiger partial charge is 0.305 e. The summed E-state index contributed by atoms with van der Waals surface area (Å²) in [5.41, 5.74) is 0. The summed E-state index contributed by atoms with van der Waals surface area (Å²) in [6.07, 6.45) is 53.5. The summed E-state index contributed by atoms with van der Waals surface area (Å²) < 4.78 is 5.47. The molecule has 0 aliphatic heterocycles. The van der Waals surface area contributed by atoms with Crippen molar-refractivity contribution in [3.63, 3.8) is 0 Å². The van der Waals surface area contributed by atoms with Crippen molar-refractivity contribution in [2.24, 2.45) is 0 Å². The number of rotatable bonds is 47. The molecule has 0 saturated heterocycles. The molecular weight excluding hydrogens is 707 g/mol. The van der Waals surface area contributed by atoms with E-state index in [2.05, 4.69) is 19.2 Å². The molecule has 57 heavy (non-hydrogen) atoms. The highest BCUT2D eigenvalue weighted by Gasteiger charge is 2.18. The molecule has 0 aliphatic rings. The van der Waals surface area contributed by atoms with Crippen molar-refractivity contribution >= 4 is 11.9 Å². The summed E-state index contributed by atoms with van der Waals surface area (Å²) in [6.45, 7) is 4.87. The molecule has 338 valence electrons. The fourth-order valence-corrected chi connectivity index (χ4v) is 7.87. The van der Waals surface area contributed by atoms with Gasteiger partial charge in [-0.05, 0) is 32.1 Å². The summed E-state index contributed by atoms with van der Waals surface area (Å²) in [4.78, 5) is 24.4. The van der Waals surface area contributed by atoms with Gasteiger partial charge in [0.2, 0.25) is 5.91 Å². The average Bonchev–Trinajstić information content (AvgIpc) is 3.21. The number of amides is 1. The average molecular weight is 806 g/mol. The van der Waals surface area contributed by atoms with E-state index in [1.165, 1.54) is 193 Å². The normalized spacial score (nSPS) is 12.7. The van der Waals surface area contributed by atoms with E-state index in [1.54, 1.807) is 6.08 Å². The summed E-state index contributed by atoms with van der Waals surface area (Å²) in [7, 11) is 0. The molecule has 0 heterocycles. The first-order valence-electron chi connectivity index (χ1n) is 25.5. The van der Waals surface area contributed by atoms with Gasteiger partial charge >= 0.3 is 5.97 Å². The Hall–Kier alpha value is -1.40. The molecule has 0 aromatic carbocycles. The molecule has 0 aromatic heterocycles. The monoisotopic (exact) mass is 806 g/mol. The van der Waals surface area contributed by atoms with Crippen LogP contribution in [0.15, 0.2) is 12.2 Å². The number of nitrogens with one attached hydrogen (secondary N) is 1. The molecule has 0 spiro atoms. The van der Waals surface area contributed by atoms with Crippen LogP contribution in [0.1, 0.15) is 277 Å². The van der Waals surface area contributed by atoms with E-state index in [9.17, 15) is 19.8 Å². The topological polar surface area (TPSA) is 95.9 Å². The van der Waals surface area contributed by atoms with Gasteiger partial charge in [-0.15, -0.1) is 0 Å². The SMILES string of the molecule is CCCCCCCCCC/C=C/C(O)C(CO)NC(=O)CCCCCCCCCCCCCCCCOC(=O)CCCCCCCCCCCCCCCCCC. The fraction of sp³-hybridized carbons (Fsp3) is 0.922. The van der Waals surface area contributed by atoms with Crippen molar-refractivity contribution in [1.82, 2.24) is 5.32 Å². The van der Waals surface area contributed by atoms with Gasteiger partial charge in [-0.3, -0.25) is 9.59 Å². The van der Waals surface area contributed by atoms with Gasteiger partial charge in [0.25, 0.3) is 0 Å². The van der Waals surface area contributed by atoms with Gasteiger partial charge in [-0.2, -0.15) is 0 Å². The molecule has 3 N–H and O–H groups in total. The van der Waals surface area contributed by atoms with Crippen molar-refractivity contribution < 1.29 is 24.5 Å². The Morgan fingerprint density at radius 3 is 1.19 bits per heavy atom. The third-order valence-corrected chi connectivity index (χ3v) is 11.8. The summed E-state index contributed by atoms with van der Waals surface area (Å²) in [5.74, 6) is -0.0800. The lowest BCUT2D eigenvalue weighted by molar-refractivity contribution is -0.143. The lowest BCUT2D eigenvalue weighted by atomic mass is 10.0. The zero-order chi connectivity index (χ0) is 41.5. The Morgan fingerprint density at radius 1 is 0.474 bits per heavy atom. The Labute approximate surface area is 355 Å². The fourth-order valence-electron chi connectivity index (χ4n) is 7.87. The molecule has 0 aromatic rings. The Kier molecular flexibility index (Phi) is 46.1. The number of carbonyl (C=O) groups is 2. The number of aliphatic hydroxyl groups is 2. The Bertz CT molecular complexity index is 847. The van der Waals surface area contributed by atoms with Crippen LogP contribution in [0.25, 0.3) is 0 Å². The Morgan fingerprint density at radius 2 is 0.807 bits per heavy atom.